The molecule has 0 aliphatic heterocycles. The summed E-state index contributed by atoms with van der Waals surface area (Å²) >= 11 is 0. The summed E-state index contributed by atoms with van der Waals surface area (Å²) in [6, 6.07) is 10.3. The number of alkyl halides is 3. The van der Waals surface area contributed by atoms with E-state index >= 15 is 0 Å². The zero-order valence-corrected chi connectivity index (χ0v) is 18.8. The van der Waals surface area contributed by atoms with Crippen molar-refractivity contribution in [3.63, 3.8) is 0 Å². The molecule has 0 spiro atoms. The van der Waals surface area contributed by atoms with Gasteiger partial charge in [0.25, 0.3) is 0 Å². The zero-order chi connectivity index (χ0) is 25.5. The summed E-state index contributed by atoms with van der Waals surface area (Å²) in [4.78, 5) is 37.3. The molecule has 0 fully saturated rings. The number of amides is 1. The molecule has 2 rings (SSSR count). The molecular formula is C25H26F5NO3. The van der Waals surface area contributed by atoms with Crippen LogP contribution in [0.3, 0.4) is 0 Å². The zero-order valence-electron chi connectivity index (χ0n) is 18.8. The number of halogens is 5. The van der Waals surface area contributed by atoms with Crippen molar-refractivity contribution in [1.29, 1.82) is 0 Å². The van der Waals surface area contributed by atoms with Crippen LogP contribution in [0.5, 0.6) is 0 Å². The molecule has 184 valence electrons. The van der Waals surface area contributed by atoms with Crippen LogP contribution in [0.25, 0.3) is 0 Å². The summed E-state index contributed by atoms with van der Waals surface area (Å²) in [6.07, 6.45) is -5.94. The lowest BCUT2D eigenvalue weighted by atomic mass is 9.84. The van der Waals surface area contributed by atoms with Crippen LogP contribution in [-0.4, -0.2) is 29.7 Å². The van der Waals surface area contributed by atoms with Crippen LogP contribution >= 0.6 is 0 Å². The van der Waals surface area contributed by atoms with Crippen molar-refractivity contribution in [1.82, 2.24) is 5.32 Å². The number of Topliss-reactive ketones (excluding diaryl/α,β-unsaturated/α-hetero) is 2. The van der Waals surface area contributed by atoms with Gasteiger partial charge in [0.2, 0.25) is 11.7 Å². The average Bonchev–Trinajstić information content (AvgIpc) is 2.74. The Labute approximate surface area is 194 Å². The molecule has 9 heteroatoms. The summed E-state index contributed by atoms with van der Waals surface area (Å²) in [5, 5.41) is 2.52. The predicted octanol–water partition coefficient (Wildman–Crippen LogP) is 4.99. The summed E-state index contributed by atoms with van der Waals surface area (Å²) in [7, 11) is 0. The van der Waals surface area contributed by atoms with E-state index in [0.29, 0.717) is 11.6 Å². The third-order valence-corrected chi connectivity index (χ3v) is 5.41. The van der Waals surface area contributed by atoms with Gasteiger partial charge in [0, 0.05) is 24.8 Å². The molecule has 1 amide bonds. The topological polar surface area (TPSA) is 63.2 Å². The number of aryl methyl sites for hydroxylation is 1. The highest BCUT2D eigenvalue weighted by Gasteiger charge is 2.45. The van der Waals surface area contributed by atoms with Crippen molar-refractivity contribution < 1.29 is 36.3 Å². The minimum absolute atomic E-state index is 0.00601. The number of nitrogens with one attached hydrogen (secondary N) is 1. The first-order valence-corrected chi connectivity index (χ1v) is 10.8. The lowest BCUT2D eigenvalue weighted by Gasteiger charge is -2.24. The minimum Gasteiger partial charge on any atom is -0.346 e. The van der Waals surface area contributed by atoms with E-state index in [1.165, 1.54) is 13.8 Å². The lowest BCUT2D eigenvalue weighted by molar-refractivity contribution is -0.177. The Hall–Kier alpha value is -3.10. The second kappa shape index (κ2) is 11.9. The first kappa shape index (κ1) is 27.1. The van der Waals surface area contributed by atoms with E-state index in [2.05, 4.69) is 5.32 Å². The van der Waals surface area contributed by atoms with Gasteiger partial charge >= 0.3 is 6.18 Å². The number of ketones is 2. The van der Waals surface area contributed by atoms with Gasteiger partial charge in [-0.2, -0.15) is 13.2 Å². The fraction of sp³-hybridized carbons (Fsp3) is 0.400. The number of hydrogen-bond donors (Lipinski definition) is 1. The van der Waals surface area contributed by atoms with Crippen LogP contribution < -0.4 is 5.32 Å². The van der Waals surface area contributed by atoms with Gasteiger partial charge in [-0.1, -0.05) is 44.2 Å². The Balaban J connectivity index is 2.15. The van der Waals surface area contributed by atoms with Crippen LogP contribution in [0.2, 0.25) is 0 Å². The van der Waals surface area contributed by atoms with E-state index in [1.54, 1.807) is 30.3 Å². The molecule has 0 radical (unpaired) electrons. The van der Waals surface area contributed by atoms with E-state index in [0.717, 1.165) is 12.1 Å². The Morgan fingerprint density at radius 3 is 2.03 bits per heavy atom. The molecular weight excluding hydrogens is 457 g/mol. The van der Waals surface area contributed by atoms with Gasteiger partial charge in [-0.3, -0.25) is 14.4 Å². The Morgan fingerprint density at radius 1 is 0.912 bits per heavy atom. The first-order chi connectivity index (χ1) is 15.9. The van der Waals surface area contributed by atoms with E-state index in [9.17, 15) is 36.3 Å². The molecule has 0 aromatic heterocycles. The van der Waals surface area contributed by atoms with E-state index in [1.807, 2.05) is 0 Å². The van der Waals surface area contributed by atoms with Gasteiger partial charge in [-0.05, 0) is 42.0 Å². The largest absolute Gasteiger partial charge is 0.450 e. The highest BCUT2D eigenvalue weighted by Crippen LogP contribution is 2.28. The number of carbonyl (C=O) groups excluding carboxylic acids is 3. The molecule has 0 aliphatic carbocycles. The van der Waals surface area contributed by atoms with E-state index in [4.69, 9.17) is 0 Å². The van der Waals surface area contributed by atoms with Crippen molar-refractivity contribution in [2.24, 2.45) is 11.8 Å². The Kier molecular flexibility index (Phi) is 9.46. The number of rotatable bonds is 11. The van der Waals surface area contributed by atoms with Gasteiger partial charge < -0.3 is 5.32 Å². The quantitative estimate of drug-likeness (QED) is 0.458. The van der Waals surface area contributed by atoms with Crippen molar-refractivity contribution in [3.05, 3.63) is 71.3 Å². The fourth-order valence-corrected chi connectivity index (χ4v) is 3.58. The van der Waals surface area contributed by atoms with Crippen LogP contribution in [0.4, 0.5) is 22.0 Å². The van der Waals surface area contributed by atoms with Crippen molar-refractivity contribution >= 4 is 17.5 Å². The molecule has 4 nitrogen and oxygen atoms in total. The third kappa shape index (κ3) is 8.35. The summed E-state index contributed by atoms with van der Waals surface area (Å²) in [5.41, 5.74) is 0.908. The van der Waals surface area contributed by atoms with Crippen molar-refractivity contribution in [3.8, 4) is 0 Å². The molecule has 0 heterocycles. The Morgan fingerprint density at radius 2 is 1.50 bits per heavy atom. The third-order valence-electron chi connectivity index (χ3n) is 5.41. The smallest absolute Gasteiger partial charge is 0.346 e. The predicted molar refractivity (Wildman–Crippen MR) is 116 cm³/mol. The number of hydrogen-bond acceptors (Lipinski definition) is 3. The molecule has 0 unspecified atom stereocenters. The summed E-state index contributed by atoms with van der Waals surface area (Å²) in [6.45, 7) is 2.84. The molecule has 0 bridgehead atoms. The maximum absolute atomic E-state index is 13.4. The molecule has 2 aromatic rings. The van der Waals surface area contributed by atoms with Crippen LogP contribution in [-0.2, 0) is 27.2 Å². The first-order valence-electron chi connectivity index (χ1n) is 10.8. The monoisotopic (exact) mass is 483 g/mol. The molecule has 1 N–H and O–H groups in total. The SMILES string of the molecule is CC(C)[C@H](CC(=O)[C@H](Cc1ccccc1)NC(=O)CCc1cc(F)cc(F)c1)C(=O)C(F)(F)F. The molecule has 2 aromatic carbocycles. The molecule has 0 aliphatic rings. The number of carbonyl (C=O) groups is 3. The minimum atomic E-state index is -5.08. The van der Waals surface area contributed by atoms with Crippen molar-refractivity contribution in [2.75, 3.05) is 0 Å². The summed E-state index contributed by atoms with van der Waals surface area (Å²) in [5.74, 6) is -7.18. The normalized spacial score (nSPS) is 13.4. The average molecular weight is 483 g/mol. The standard InChI is InChI=1S/C25H26F5NO3/c1-15(2)20(24(34)25(28,29)30)14-22(32)21(12-16-6-4-3-5-7-16)31-23(33)9-8-17-10-18(26)13-19(27)11-17/h3-7,10-11,13,15,20-21H,8-9,12,14H2,1-2H3,(H,31,33)/t20-,21-/m0/s1. The van der Waals surface area contributed by atoms with E-state index in [-0.39, 0.29) is 24.8 Å². The lowest BCUT2D eigenvalue weighted by Crippen LogP contribution is -2.45. The van der Waals surface area contributed by atoms with Crippen LogP contribution in [0.1, 0.15) is 37.8 Å². The van der Waals surface area contributed by atoms with Gasteiger partial charge in [0.05, 0.1) is 6.04 Å². The van der Waals surface area contributed by atoms with Gasteiger partial charge in [-0.15, -0.1) is 0 Å². The number of benzene rings is 2. The van der Waals surface area contributed by atoms with Crippen LogP contribution in [0.15, 0.2) is 48.5 Å². The highest BCUT2D eigenvalue weighted by atomic mass is 19.4. The molecule has 0 saturated carbocycles. The van der Waals surface area contributed by atoms with E-state index < -0.39 is 59.6 Å². The van der Waals surface area contributed by atoms with Gasteiger partial charge in [-0.25, -0.2) is 8.78 Å². The van der Waals surface area contributed by atoms with Crippen molar-refractivity contribution in [2.45, 2.75) is 51.7 Å². The Bertz CT molecular complexity index is 985. The molecule has 34 heavy (non-hydrogen) atoms. The van der Waals surface area contributed by atoms with Crippen LogP contribution in [0, 0.1) is 23.5 Å². The molecule has 0 saturated heterocycles. The summed E-state index contributed by atoms with van der Waals surface area (Å²) < 4.78 is 65.7. The van der Waals surface area contributed by atoms with Gasteiger partial charge in [0.1, 0.15) is 11.6 Å². The second-order valence-corrected chi connectivity index (χ2v) is 8.47. The maximum Gasteiger partial charge on any atom is 0.450 e. The molecule has 2 atom stereocenters. The highest BCUT2D eigenvalue weighted by molar-refractivity contribution is 5.94. The van der Waals surface area contributed by atoms with Gasteiger partial charge in [0.15, 0.2) is 5.78 Å². The second-order valence-electron chi connectivity index (χ2n) is 8.47. The maximum atomic E-state index is 13.4. The fourth-order valence-electron chi connectivity index (χ4n) is 3.58.